The molecular weight excluding hydrogens is 340 g/mol. The quantitative estimate of drug-likeness (QED) is 0.782. The zero-order valence-electron chi connectivity index (χ0n) is 13.5. The van der Waals surface area contributed by atoms with Crippen LogP contribution in [0, 0.1) is 0 Å². The Morgan fingerprint density at radius 2 is 1.88 bits per heavy atom. The van der Waals surface area contributed by atoms with Gasteiger partial charge in [0, 0.05) is 23.7 Å². The van der Waals surface area contributed by atoms with Gasteiger partial charge in [0.2, 0.25) is 0 Å². The van der Waals surface area contributed by atoms with Crippen molar-refractivity contribution in [3.63, 3.8) is 0 Å². The van der Waals surface area contributed by atoms with Gasteiger partial charge in [-0.2, -0.15) is 0 Å². The molecule has 4 rings (SSSR count). The van der Waals surface area contributed by atoms with E-state index in [4.69, 9.17) is 16.3 Å². The summed E-state index contributed by atoms with van der Waals surface area (Å²) >= 11 is 5.92. The zero-order chi connectivity index (χ0) is 17.4. The highest BCUT2D eigenvalue weighted by atomic mass is 35.5. The molecule has 25 heavy (non-hydrogen) atoms. The monoisotopic (exact) mass is 356 g/mol. The third-order valence-corrected chi connectivity index (χ3v) is 4.94. The molecule has 2 heterocycles. The molecule has 1 atom stereocenters. The number of nitrogens with zero attached hydrogens (tertiary/aromatic N) is 2. The van der Waals surface area contributed by atoms with Crippen LogP contribution in [0.2, 0.25) is 5.02 Å². The second-order valence-corrected chi connectivity index (χ2v) is 6.69. The highest BCUT2D eigenvalue weighted by Gasteiger charge is 2.37. The lowest BCUT2D eigenvalue weighted by Gasteiger charge is -2.32. The van der Waals surface area contributed by atoms with E-state index in [-0.39, 0.29) is 18.0 Å². The minimum Gasteiger partial charge on any atom is -0.447 e. The molecule has 0 N–H and O–H groups in total. The average molecular weight is 357 g/mol. The van der Waals surface area contributed by atoms with Crippen molar-refractivity contribution >= 4 is 29.3 Å². The van der Waals surface area contributed by atoms with Gasteiger partial charge in [0.1, 0.15) is 6.61 Å². The van der Waals surface area contributed by atoms with Crippen molar-refractivity contribution in [1.29, 1.82) is 0 Å². The number of rotatable bonds is 1. The van der Waals surface area contributed by atoms with E-state index in [1.165, 1.54) is 0 Å². The maximum absolute atomic E-state index is 12.9. The molecule has 128 valence electrons. The van der Waals surface area contributed by atoms with Gasteiger partial charge in [-0.25, -0.2) is 4.79 Å². The third-order valence-electron chi connectivity index (χ3n) is 4.68. The Labute approximate surface area is 150 Å². The highest BCUT2D eigenvalue weighted by Crippen LogP contribution is 2.31. The van der Waals surface area contributed by atoms with Crippen molar-refractivity contribution in [2.75, 3.05) is 18.1 Å². The Bertz CT molecular complexity index is 822. The van der Waals surface area contributed by atoms with Crippen molar-refractivity contribution in [2.45, 2.75) is 19.0 Å². The summed E-state index contributed by atoms with van der Waals surface area (Å²) in [5.74, 6) is -0.0369. The van der Waals surface area contributed by atoms with Gasteiger partial charge in [-0.3, -0.25) is 9.69 Å². The summed E-state index contributed by atoms with van der Waals surface area (Å²) in [6.07, 6.45) is 0.370. The first kappa shape index (κ1) is 16.0. The molecule has 0 spiro atoms. The molecule has 0 aromatic heterocycles. The van der Waals surface area contributed by atoms with Crippen LogP contribution < -0.4 is 4.90 Å². The van der Waals surface area contributed by atoms with Crippen LogP contribution in [0.1, 0.15) is 22.3 Å². The summed E-state index contributed by atoms with van der Waals surface area (Å²) in [6, 6.07) is 14.5. The van der Waals surface area contributed by atoms with E-state index in [9.17, 15) is 9.59 Å². The fourth-order valence-electron chi connectivity index (χ4n) is 3.39. The van der Waals surface area contributed by atoms with E-state index in [2.05, 4.69) is 0 Å². The number of benzene rings is 2. The minimum absolute atomic E-state index is 0.0369. The van der Waals surface area contributed by atoms with E-state index in [0.29, 0.717) is 36.7 Å². The Morgan fingerprint density at radius 1 is 1.12 bits per heavy atom. The first-order valence-electron chi connectivity index (χ1n) is 8.22. The number of carbonyl (C=O) groups is 2. The molecule has 1 fully saturated rings. The van der Waals surface area contributed by atoms with Gasteiger partial charge in [-0.05, 0) is 42.3 Å². The predicted molar refractivity (Wildman–Crippen MR) is 94.9 cm³/mol. The van der Waals surface area contributed by atoms with Crippen molar-refractivity contribution in [2.24, 2.45) is 0 Å². The van der Waals surface area contributed by atoms with Gasteiger partial charge in [0.25, 0.3) is 5.91 Å². The second-order valence-electron chi connectivity index (χ2n) is 6.25. The largest absolute Gasteiger partial charge is 0.447 e. The fraction of sp³-hybridized carbons (Fsp3) is 0.263. The molecule has 2 aromatic rings. The van der Waals surface area contributed by atoms with Gasteiger partial charge in [-0.15, -0.1) is 0 Å². The van der Waals surface area contributed by atoms with Crippen LogP contribution in [0.3, 0.4) is 0 Å². The van der Waals surface area contributed by atoms with E-state index in [0.717, 1.165) is 11.3 Å². The Hall–Kier alpha value is -2.53. The number of carbonyl (C=O) groups excluding carboxylic acids is 2. The second kappa shape index (κ2) is 6.41. The van der Waals surface area contributed by atoms with Gasteiger partial charge >= 0.3 is 6.09 Å². The number of ether oxygens (including phenoxy) is 1. The molecule has 0 unspecified atom stereocenters. The predicted octanol–water partition coefficient (Wildman–Crippen LogP) is 3.71. The summed E-state index contributed by atoms with van der Waals surface area (Å²) in [5, 5.41) is 0.604. The molecule has 0 radical (unpaired) electrons. The Morgan fingerprint density at radius 3 is 2.68 bits per heavy atom. The van der Waals surface area contributed by atoms with Crippen molar-refractivity contribution < 1.29 is 14.3 Å². The lowest BCUT2D eigenvalue weighted by Crippen LogP contribution is -2.42. The maximum atomic E-state index is 12.9. The van der Waals surface area contributed by atoms with Crippen LogP contribution in [0.4, 0.5) is 10.5 Å². The summed E-state index contributed by atoms with van der Waals surface area (Å²) < 4.78 is 5.23. The van der Waals surface area contributed by atoms with E-state index in [1.54, 1.807) is 29.2 Å². The zero-order valence-corrected chi connectivity index (χ0v) is 14.3. The number of hydrogen-bond donors (Lipinski definition) is 0. The van der Waals surface area contributed by atoms with Gasteiger partial charge in [0.05, 0.1) is 11.7 Å². The summed E-state index contributed by atoms with van der Waals surface area (Å²) in [5.41, 5.74) is 2.37. The van der Waals surface area contributed by atoms with Crippen LogP contribution in [-0.2, 0) is 11.3 Å². The summed E-state index contributed by atoms with van der Waals surface area (Å²) in [6.45, 7) is 1.37. The van der Waals surface area contributed by atoms with E-state index in [1.807, 2.05) is 29.2 Å². The minimum atomic E-state index is -0.310. The molecule has 2 aliphatic rings. The number of anilines is 1. The topological polar surface area (TPSA) is 49.9 Å². The number of halogens is 1. The van der Waals surface area contributed by atoms with Crippen molar-refractivity contribution in [1.82, 2.24) is 4.90 Å². The Balaban J connectivity index is 1.67. The van der Waals surface area contributed by atoms with Crippen LogP contribution >= 0.6 is 11.6 Å². The summed E-state index contributed by atoms with van der Waals surface area (Å²) in [4.78, 5) is 28.6. The molecular formula is C19H17ClN2O3. The molecule has 2 amide bonds. The van der Waals surface area contributed by atoms with Gasteiger partial charge in [0.15, 0.2) is 0 Å². The average Bonchev–Trinajstić information content (AvgIpc) is 2.97. The summed E-state index contributed by atoms with van der Waals surface area (Å²) in [7, 11) is 0. The molecule has 0 aliphatic carbocycles. The third kappa shape index (κ3) is 2.96. The number of hydrogen-bond acceptors (Lipinski definition) is 3. The Kier molecular flexibility index (Phi) is 4.09. The van der Waals surface area contributed by atoms with Crippen LogP contribution in [0.25, 0.3) is 0 Å². The molecule has 5 nitrogen and oxygen atoms in total. The first-order chi connectivity index (χ1) is 12.1. The molecule has 1 saturated heterocycles. The standard InChI is InChI=1S/C19H17ClN2O3/c20-15-7-5-13(6-8-15)18(23)21-10-9-16-12-25-19(24)22(16)17-4-2-1-3-14(17)11-21/h1-8,16H,9-12H2/t16-/m0/s1. The normalized spacial score (nSPS) is 19.6. The number of para-hydroxylation sites is 1. The first-order valence-corrected chi connectivity index (χ1v) is 8.60. The SMILES string of the molecule is O=C(c1ccc(Cl)cc1)N1CC[C@H]2COC(=O)N2c2ccccc2C1. The van der Waals surface area contributed by atoms with E-state index < -0.39 is 0 Å². The number of fused-ring (bicyclic) bond motifs is 3. The molecule has 6 heteroatoms. The van der Waals surface area contributed by atoms with Crippen LogP contribution in [0.15, 0.2) is 48.5 Å². The fourth-order valence-corrected chi connectivity index (χ4v) is 3.51. The van der Waals surface area contributed by atoms with Crippen molar-refractivity contribution in [3.8, 4) is 0 Å². The lowest BCUT2D eigenvalue weighted by atomic mass is 10.0. The van der Waals surface area contributed by atoms with Gasteiger partial charge in [-0.1, -0.05) is 29.8 Å². The highest BCUT2D eigenvalue weighted by molar-refractivity contribution is 6.30. The number of cyclic esters (lactones) is 1. The maximum Gasteiger partial charge on any atom is 0.414 e. The molecule has 0 saturated carbocycles. The van der Waals surface area contributed by atoms with Gasteiger partial charge < -0.3 is 9.64 Å². The van der Waals surface area contributed by atoms with Crippen molar-refractivity contribution in [3.05, 3.63) is 64.7 Å². The van der Waals surface area contributed by atoms with Crippen LogP contribution in [0.5, 0.6) is 0 Å². The molecule has 2 aliphatic heterocycles. The van der Waals surface area contributed by atoms with Crippen LogP contribution in [-0.4, -0.2) is 36.1 Å². The lowest BCUT2D eigenvalue weighted by molar-refractivity contribution is 0.0734. The molecule has 0 bridgehead atoms. The van der Waals surface area contributed by atoms with E-state index >= 15 is 0 Å². The molecule has 2 aromatic carbocycles. The smallest absolute Gasteiger partial charge is 0.414 e. The number of amides is 2.